The second-order valence-corrected chi connectivity index (χ2v) is 4.96. The van der Waals surface area contributed by atoms with Crippen LogP contribution in [0.15, 0.2) is 18.2 Å². The van der Waals surface area contributed by atoms with E-state index in [9.17, 15) is 9.90 Å². The fraction of sp³-hybridized carbons (Fsp3) is 0.364. The molecular weight excluding hydrogens is 246 g/mol. The Hall–Kier alpha value is -0.710. The van der Waals surface area contributed by atoms with Crippen molar-refractivity contribution in [1.82, 2.24) is 0 Å². The van der Waals surface area contributed by atoms with Gasteiger partial charge in [0.15, 0.2) is 0 Å². The third-order valence-corrected chi connectivity index (χ3v) is 3.19. The second-order valence-electron chi connectivity index (χ2n) is 3.79. The molecule has 1 N–H and O–H groups in total. The van der Waals surface area contributed by atoms with E-state index in [1.807, 2.05) is 0 Å². The van der Waals surface area contributed by atoms with E-state index in [4.69, 9.17) is 11.6 Å². The molecule has 2 rings (SSSR count). The van der Waals surface area contributed by atoms with Gasteiger partial charge in [-0.3, -0.25) is 4.79 Å². The Balaban J connectivity index is 2.39. The summed E-state index contributed by atoms with van der Waals surface area (Å²) in [5.74, 6) is 0.0250. The minimum atomic E-state index is -0.104. The van der Waals surface area contributed by atoms with Gasteiger partial charge in [0, 0.05) is 28.8 Å². The van der Waals surface area contributed by atoms with Crippen molar-refractivity contribution in [3.8, 4) is 0 Å². The van der Waals surface area contributed by atoms with Crippen LogP contribution in [0.2, 0.25) is 5.02 Å². The topological polar surface area (TPSA) is 40.5 Å². The Morgan fingerprint density at radius 3 is 2.88 bits per heavy atom. The number of carbonyl (C=O) groups excluding carboxylic acids is 1. The molecular formula is C11H12ClNO2S. The third kappa shape index (κ3) is 2.19. The Kier molecular flexibility index (Phi) is 3.42. The van der Waals surface area contributed by atoms with Gasteiger partial charge in [-0.05, 0) is 12.1 Å². The van der Waals surface area contributed by atoms with E-state index in [1.54, 1.807) is 23.1 Å². The Bertz CT molecular complexity index is 424. The van der Waals surface area contributed by atoms with Crippen molar-refractivity contribution in [2.24, 2.45) is 0 Å². The molecule has 1 aliphatic rings. The maximum Gasteiger partial charge on any atom is 0.228 e. The maximum absolute atomic E-state index is 11.7. The molecule has 1 heterocycles. The second kappa shape index (κ2) is 4.65. The zero-order valence-electron chi connectivity index (χ0n) is 8.56. The highest BCUT2D eigenvalue weighted by Gasteiger charge is 2.29. The van der Waals surface area contributed by atoms with Crippen molar-refractivity contribution in [2.45, 2.75) is 18.3 Å². The number of rotatable bonds is 2. The summed E-state index contributed by atoms with van der Waals surface area (Å²) in [5, 5.41) is 9.83. The van der Waals surface area contributed by atoms with Crippen molar-refractivity contribution in [1.29, 1.82) is 0 Å². The lowest BCUT2D eigenvalue weighted by molar-refractivity contribution is -0.117. The molecule has 1 unspecified atom stereocenters. The first-order valence-corrected chi connectivity index (χ1v) is 5.89. The number of anilines is 1. The molecule has 0 radical (unpaired) electrons. The van der Waals surface area contributed by atoms with Crippen molar-refractivity contribution in [3.05, 3.63) is 28.8 Å². The molecule has 1 aliphatic heterocycles. The van der Waals surface area contributed by atoms with E-state index >= 15 is 0 Å². The van der Waals surface area contributed by atoms with Crippen LogP contribution in [0.1, 0.15) is 12.0 Å². The predicted octanol–water partition coefficient (Wildman–Crippen LogP) is 1.87. The number of halogens is 1. The van der Waals surface area contributed by atoms with Gasteiger partial charge in [-0.2, -0.15) is 12.6 Å². The van der Waals surface area contributed by atoms with Crippen molar-refractivity contribution in [2.75, 3.05) is 11.4 Å². The lowest BCUT2D eigenvalue weighted by Gasteiger charge is -2.19. The zero-order chi connectivity index (χ0) is 11.7. The molecule has 3 nitrogen and oxygen atoms in total. The Morgan fingerprint density at radius 1 is 1.56 bits per heavy atom. The molecule has 1 aromatic rings. The summed E-state index contributed by atoms with van der Waals surface area (Å²) in [5.41, 5.74) is 1.40. The van der Waals surface area contributed by atoms with Crippen molar-refractivity contribution in [3.63, 3.8) is 0 Å². The molecule has 86 valence electrons. The van der Waals surface area contributed by atoms with Gasteiger partial charge in [0.25, 0.3) is 0 Å². The lowest BCUT2D eigenvalue weighted by Crippen LogP contribution is -2.25. The molecule has 0 aliphatic carbocycles. The minimum Gasteiger partial charge on any atom is -0.392 e. The Labute approximate surface area is 104 Å². The molecule has 0 spiro atoms. The average Bonchev–Trinajstić information content (AvgIpc) is 2.57. The highest BCUT2D eigenvalue weighted by Crippen LogP contribution is 2.29. The van der Waals surface area contributed by atoms with Crippen LogP contribution < -0.4 is 4.90 Å². The number of thiol groups is 1. The largest absolute Gasteiger partial charge is 0.392 e. The van der Waals surface area contributed by atoms with E-state index in [2.05, 4.69) is 12.6 Å². The summed E-state index contributed by atoms with van der Waals surface area (Å²) in [6.45, 7) is 0.461. The van der Waals surface area contributed by atoms with Crippen LogP contribution in [0.5, 0.6) is 0 Å². The van der Waals surface area contributed by atoms with E-state index < -0.39 is 0 Å². The summed E-state index contributed by atoms with van der Waals surface area (Å²) < 4.78 is 0. The van der Waals surface area contributed by atoms with Crippen LogP contribution in [0, 0.1) is 0 Å². The van der Waals surface area contributed by atoms with Gasteiger partial charge in [0.2, 0.25) is 5.91 Å². The molecule has 0 saturated carbocycles. The predicted molar refractivity (Wildman–Crippen MR) is 67.1 cm³/mol. The van der Waals surface area contributed by atoms with Gasteiger partial charge in [-0.15, -0.1) is 0 Å². The van der Waals surface area contributed by atoms with Crippen LogP contribution in [0.3, 0.4) is 0 Å². The number of hydrogen-bond donors (Lipinski definition) is 2. The van der Waals surface area contributed by atoms with Crippen LogP contribution >= 0.6 is 24.2 Å². The Morgan fingerprint density at radius 2 is 2.31 bits per heavy atom. The molecule has 1 saturated heterocycles. The first kappa shape index (κ1) is 11.8. The number of aliphatic hydroxyl groups is 1. The highest BCUT2D eigenvalue weighted by atomic mass is 35.5. The fourth-order valence-electron chi connectivity index (χ4n) is 1.84. The summed E-state index contributed by atoms with van der Waals surface area (Å²) in [7, 11) is 0. The number of amides is 1. The van der Waals surface area contributed by atoms with E-state index in [-0.39, 0.29) is 17.8 Å². The number of aliphatic hydroxyl groups excluding tert-OH is 1. The molecule has 1 amide bonds. The lowest BCUT2D eigenvalue weighted by atomic mass is 10.1. The minimum absolute atomic E-state index is 0.0250. The van der Waals surface area contributed by atoms with E-state index in [0.717, 1.165) is 0 Å². The number of nitrogens with zero attached hydrogens (tertiary/aromatic N) is 1. The van der Waals surface area contributed by atoms with Gasteiger partial charge in [0.1, 0.15) is 0 Å². The standard InChI is InChI=1S/C11H12ClNO2S/c12-8-2-1-7(6-14)10(3-8)13-5-9(16)4-11(13)15/h1-3,9,14,16H,4-6H2. The first-order chi connectivity index (χ1) is 7.61. The first-order valence-electron chi connectivity index (χ1n) is 4.99. The van der Waals surface area contributed by atoms with Crippen LogP contribution in [-0.2, 0) is 11.4 Å². The van der Waals surface area contributed by atoms with E-state index in [0.29, 0.717) is 29.2 Å². The monoisotopic (exact) mass is 257 g/mol. The van der Waals surface area contributed by atoms with E-state index in [1.165, 1.54) is 0 Å². The van der Waals surface area contributed by atoms with Crippen molar-refractivity contribution < 1.29 is 9.90 Å². The fourth-order valence-corrected chi connectivity index (χ4v) is 2.33. The SMILES string of the molecule is O=C1CC(S)CN1c1cc(Cl)ccc1CO. The van der Waals surface area contributed by atoms with Gasteiger partial charge >= 0.3 is 0 Å². The molecule has 5 heteroatoms. The summed E-state index contributed by atoms with van der Waals surface area (Å²) in [4.78, 5) is 13.4. The summed E-state index contributed by atoms with van der Waals surface area (Å²) >= 11 is 10.2. The smallest absolute Gasteiger partial charge is 0.228 e. The normalized spacial score (nSPS) is 20.6. The van der Waals surface area contributed by atoms with Crippen LogP contribution in [0.25, 0.3) is 0 Å². The quantitative estimate of drug-likeness (QED) is 0.794. The molecule has 1 aromatic carbocycles. The summed E-state index contributed by atoms with van der Waals surface area (Å²) in [6.07, 6.45) is 0.431. The van der Waals surface area contributed by atoms with Crippen molar-refractivity contribution >= 4 is 35.8 Å². The maximum atomic E-state index is 11.7. The average molecular weight is 258 g/mol. The number of carbonyl (C=O) groups is 1. The van der Waals surface area contributed by atoms with Gasteiger partial charge in [-0.25, -0.2) is 0 Å². The number of hydrogen-bond acceptors (Lipinski definition) is 3. The van der Waals surface area contributed by atoms with Crippen LogP contribution in [-0.4, -0.2) is 22.8 Å². The molecule has 0 bridgehead atoms. The van der Waals surface area contributed by atoms with Crippen LogP contribution in [0.4, 0.5) is 5.69 Å². The molecule has 1 atom stereocenters. The van der Waals surface area contributed by atoms with Gasteiger partial charge in [-0.1, -0.05) is 17.7 Å². The number of benzene rings is 1. The third-order valence-electron chi connectivity index (χ3n) is 2.61. The zero-order valence-corrected chi connectivity index (χ0v) is 10.2. The summed E-state index contributed by atoms with van der Waals surface area (Å²) in [6, 6.07) is 5.14. The van der Waals surface area contributed by atoms with Gasteiger partial charge in [0.05, 0.1) is 12.3 Å². The molecule has 0 aromatic heterocycles. The molecule has 1 fully saturated rings. The van der Waals surface area contributed by atoms with Gasteiger partial charge < -0.3 is 10.0 Å². The highest BCUT2D eigenvalue weighted by molar-refractivity contribution is 7.81. The molecule has 16 heavy (non-hydrogen) atoms.